The van der Waals surface area contributed by atoms with Crippen LogP contribution in [0.5, 0.6) is 0 Å². The molecule has 5 heteroatoms. The van der Waals surface area contributed by atoms with E-state index in [9.17, 15) is 9.50 Å². The molecular weight excluding hydrogens is 288 g/mol. The van der Waals surface area contributed by atoms with Crippen LogP contribution in [0.3, 0.4) is 0 Å². The highest BCUT2D eigenvalue weighted by Gasteiger charge is 2.31. The number of rotatable bonds is 4. The Kier molecular flexibility index (Phi) is 4.93. The first-order chi connectivity index (χ1) is 9.06. The van der Waals surface area contributed by atoms with E-state index in [1.54, 1.807) is 0 Å². The second-order valence-electron chi connectivity index (χ2n) is 5.32. The van der Waals surface area contributed by atoms with E-state index in [1.165, 1.54) is 18.6 Å². The molecule has 1 aromatic rings. The lowest BCUT2D eigenvalue weighted by molar-refractivity contribution is 0.0944. The van der Waals surface area contributed by atoms with Crippen molar-refractivity contribution >= 4 is 28.9 Å². The minimum Gasteiger partial charge on any atom is -0.396 e. The van der Waals surface area contributed by atoms with Crippen molar-refractivity contribution in [3.05, 3.63) is 28.0 Å². The minimum atomic E-state index is -0.449. The Hall–Kier alpha value is -0.510. The largest absolute Gasteiger partial charge is 0.396 e. The summed E-state index contributed by atoms with van der Waals surface area (Å²) >= 11 is 12.0. The SMILES string of the molecule is OCC1(CNc2c(Cl)cc(F)cc2Cl)CCCCC1. The number of anilines is 1. The fourth-order valence-corrected chi connectivity index (χ4v) is 3.27. The number of nitrogens with one attached hydrogen (secondary N) is 1. The lowest BCUT2D eigenvalue weighted by Gasteiger charge is -2.36. The Bertz CT molecular complexity index is 424. The number of aliphatic hydroxyl groups excluding tert-OH is 1. The number of hydrogen-bond donors (Lipinski definition) is 2. The third-order valence-corrected chi connectivity index (χ3v) is 4.49. The van der Waals surface area contributed by atoms with Crippen molar-refractivity contribution in [2.75, 3.05) is 18.5 Å². The molecular formula is C14H18Cl2FNO. The molecule has 1 aliphatic rings. The number of aliphatic hydroxyl groups is 1. The summed E-state index contributed by atoms with van der Waals surface area (Å²) in [5.41, 5.74) is 0.433. The zero-order valence-corrected chi connectivity index (χ0v) is 12.2. The average Bonchev–Trinajstić information content (AvgIpc) is 2.38. The van der Waals surface area contributed by atoms with Crippen molar-refractivity contribution in [2.24, 2.45) is 5.41 Å². The predicted molar refractivity (Wildman–Crippen MR) is 77.5 cm³/mol. The van der Waals surface area contributed by atoms with Crippen LogP contribution in [0, 0.1) is 11.2 Å². The lowest BCUT2D eigenvalue weighted by Crippen LogP contribution is -2.35. The van der Waals surface area contributed by atoms with Crippen LogP contribution >= 0.6 is 23.2 Å². The summed E-state index contributed by atoms with van der Waals surface area (Å²) in [4.78, 5) is 0. The first kappa shape index (κ1) is 14.9. The van der Waals surface area contributed by atoms with E-state index in [4.69, 9.17) is 23.2 Å². The first-order valence-corrected chi connectivity index (χ1v) is 7.31. The highest BCUT2D eigenvalue weighted by Crippen LogP contribution is 2.38. The van der Waals surface area contributed by atoms with Gasteiger partial charge >= 0.3 is 0 Å². The number of hydrogen-bond acceptors (Lipinski definition) is 2. The van der Waals surface area contributed by atoms with Crippen LogP contribution in [0.1, 0.15) is 32.1 Å². The van der Waals surface area contributed by atoms with E-state index < -0.39 is 5.82 Å². The molecule has 2 N–H and O–H groups in total. The molecule has 0 spiro atoms. The molecule has 106 valence electrons. The molecule has 1 aliphatic carbocycles. The fraction of sp³-hybridized carbons (Fsp3) is 0.571. The van der Waals surface area contributed by atoms with Crippen LogP contribution < -0.4 is 5.32 Å². The van der Waals surface area contributed by atoms with Crippen molar-refractivity contribution in [1.29, 1.82) is 0 Å². The molecule has 0 unspecified atom stereocenters. The molecule has 2 rings (SSSR count). The fourth-order valence-electron chi connectivity index (χ4n) is 2.68. The van der Waals surface area contributed by atoms with Gasteiger partial charge in [0.05, 0.1) is 22.3 Å². The highest BCUT2D eigenvalue weighted by atomic mass is 35.5. The molecule has 1 fully saturated rings. The monoisotopic (exact) mass is 305 g/mol. The standard InChI is InChI=1S/C14H18Cl2FNO/c15-11-6-10(17)7-12(16)13(11)18-8-14(9-19)4-2-1-3-5-14/h6-7,18-19H,1-5,8-9H2. The third-order valence-electron chi connectivity index (χ3n) is 3.90. The molecule has 19 heavy (non-hydrogen) atoms. The quantitative estimate of drug-likeness (QED) is 0.859. The maximum Gasteiger partial charge on any atom is 0.126 e. The Morgan fingerprint density at radius 3 is 2.26 bits per heavy atom. The van der Waals surface area contributed by atoms with Gasteiger partial charge in [0.15, 0.2) is 0 Å². The van der Waals surface area contributed by atoms with Gasteiger partial charge in [0.2, 0.25) is 0 Å². The van der Waals surface area contributed by atoms with E-state index in [0.29, 0.717) is 12.2 Å². The number of halogens is 3. The normalized spacial score (nSPS) is 18.3. The van der Waals surface area contributed by atoms with Crippen molar-refractivity contribution in [3.8, 4) is 0 Å². The lowest BCUT2D eigenvalue weighted by atomic mass is 9.74. The molecule has 0 atom stereocenters. The highest BCUT2D eigenvalue weighted by molar-refractivity contribution is 6.39. The predicted octanol–water partition coefficient (Wildman–Crippen LogP) is 4.49. The molecule has 0 aromatic heterocycles. The summed E-state index contributed by atoms with van der Waals surface area (Å²) in [6, 6.07) is 2.48. The van der Waals surface area contributed by atoms with E-state index in [2.05, 4.69) is 5.32 Å². The summed E-state index contributed by atoms with van der Waals surface area (Å²) in [7, 11) is 0. The Morgan fingerprint density at radius 1 is 1.16 bits per heavy atom. The van der Waals surface area contributed by atoms with Gasteiger partial charge in [-0.05, 0) is 25.0 Å². The molecule has 2 nitrogen and oxygen atoms in total. The Balaban J connectivity index is 2.09. The van der Waals surface area contributed by atoms with Gasteiger partial charge in [0, 0.05) is 12.0 Å². The maximum atomic E-state index is 13.1. The number of benzene rings is 1. The van der Waals surface area contributed by atoms with Gasteiger partial charge in [-0.3, -0.25) is 0 Å². The van der Waals surface area contributed by atoms with Gasteiger partial charge in [-0.25, -0.2) is 4.39 Å². The van der Waals surface area contributed by atoms with Crippen LogP contribution in [0.15, 0.2) is 12.1 Å². The van der Waals surface area contributed by atoms with Gasteiger partial charge in [0.1, 0.15) is 5.82 Å². The Morgan fingerprint density at radius 2 is 1.74 bits per heavy atom. The summed E-state index contributed by atoms with van der Waals surface area (Å²) in [6.07, 6.45) is 5.47. The van der Waals surface area contributed by atoms with Crippen LogP contribution in [0.4, 0.5) is 10.1 Å². The van der Waals surface area contributed by atoms with Crippen LogP contribution in [-0.2, 0) is 0 Å². The van der Waals surface area contributed by atoms with E-state index in [0.717, 1.165) is 25.7 Å². The van der Waals surface area contributed by atoms with E-state index in [1.807, 2.05) is 0 Å². The zero-order chi connectivity index (χ0) is 13.9. The zero-order valence-electron chi connectivity index (χ0n) is 10.7. The smallest absolute Gasteiger partial charge is 0.126 e. The molecule has 0 amide bonds. The van der Waals surface area contributed by atoms with E-state index >= 15 is 0 Å². The third kappa shape index (κ3) is 3.53. The maximum absolute atomic E-state index is 13.1. The Labute approximate surface area is 122 Å². The van der Waals surface area contributed by atoms with Gasteiger partial charge < -0.3 is 10.4 Å². The van der Waals surface area contributed by atoms with Crippen LogP contribution in [-0.4, -0.2) is 18.3 Å². The van der Waals surface area contributed by atoms with Crippen LogP contribution in [0.25, 0.3) is 0 Å². The minimum absolute atomic E-state index is 0.112. The van der Waals surface area contributed by atoms with Gasteiger partial charge in [-0.15, -0.1) is 0 Å². The molecule has 1 saturated carbocycles. The summed E-state index contributed by atoms with van der Waals surface area (Å²) < 4.78 is 13.1. The second kappa shape index (κ2) is 6.29. The molecule has 0 aliphatic heterocycles. The second-order valence-corrected chi connectivity index (χ2v) is 6.13. The molecule has 0 heterocycles. The molecule has 0 radical (unpaired) electrons. The van der Waals surface area contributed by atoms with Gasteiger partial charge in [-0.2, -0.15) is 0 Å². The van der Waals surface area contributed by atoms with Crippen molar-refractivity contribution in [3.63, 3.8) is 0 Å². The summed E-state index contributed by atoms with van der Waals surface area (Å²) in [5.74, 6) is -0.449. The summed E-state index contributed by atoms with van der Waals surface area (Å²) in [6.45, 7) is 0.755. The average molecular weight is 306 g/mol. The van der Waals surface area contributed by atoms with Crippen molar-refractivity contribution < 1.29 is 9.50 Å². The molecule has 0 saturated heterocycles. The van der Waals surface area contributed by atoms with Crippen LogP contribution in [0.2, 0.25) is 10.0 Å². The molecule has 1 aromatic carbocycles. The van der Waals surface area contributed by atoms with E-state index in [-0.39, 0.29) is 22.1 Å². The topological polar surface area (TPSA) is 32.3 Å². The van der Waals surface area contributed by atoms with Gasteiger partial charge in [0.25, 0.3) is 0 Å². The van der Waals surface area contributed by atoms with Crippen molar-refractivity contribution in [1.82, 2.24) is 0 Å². The first-order valence-electron chi connectivity index (χ1n) is 6.56. The summed E-state index contributed by atoms with van der Waals surface area (Å²) in [5, 5.41) is 13.4. The molecule has 0 bridgehead atoms. The van der Waals surface area contributed by atoms with Gasteiger partial charge in [-0.1, -0.05) is 42.5 Å². The van der Waals surface area contributed by atoms with Crippen molar-refractivity contribution in [2.45, 2.75) is 32.1 Å².